The second-order valence-corrected chi connectivity index (χ2v) is 6.50. The maximum Gasteiger partial charge on any atom is 0.168 e. The molecule has 3 rings (SSSR count). The van der Waals surface area contributed by atoms with Crippen LogP contribution >= 0.6 is 0 Å². The van der Waals surface area contributed by atoms with Gasteiger partial charge in [-0.3, -0.25) is 9.79 Å². The van der Waals surface area contributed by atoms with E-state index in [0.29, 0.717) is 11.1 Å². The normalized spacial score (nSPS) is 14.3. The molecule has 0 atom stereocenters. The lowest BCUT2D eigenvalue weighted by Crippen LogP contribution is -2.19. The Morgan fingerprint density at radius 1 is 1.19 bits per heavy atom. The first-order valence-electron chi connectivity index (χ1n) is 8.88. The molecule has 0 amide bonds. The number of Topliss-reactive ketones (excluding diaryl/α,β-unsaturated/α-hetero) is 1. The van der Waals surface area contributed by atoms with Gasteiger partial charge in [0.25, 0.3) is 0 Å². The van der Waals surface area contributed by atoms with Gasteiger partial charge in [-0.1, -0.05) is 32.0 Å². The molecule has 2 aromatic carbocycles. The van der Waals surface area contributed by atoms with Crippen molar-refractivity contribution in [3.05, 3.63) is 64.7 Å². The first-order valence-corrected chi connectivity index (χ1v) is 8.88. The number of methoxy groups -OCH3 is 1. The molecule has 0 saturated heterocycles. The summed E-state index contributed by atoms with van der Waals surface area (Å²) < 4.78 is 5.37. The Bertz CT molecular complexity index is 918. The number of hydrogen-bond acceptors (Lipinski definition) is 4. The minimum Gasteiger partial charge on any atom is -0.497 e. The second-order valence-electron chi connectivity index (χ2n) is 6.50. The highest BCUT2D eigenvalue weighted by atomic mass is 16.5. The zero-order valence-electron chi connectivity index (χ0n) is 15.4. The molecule has 1 heterocycles. The number of rotatable bonds is 6. The average molecular weight is 346 g/mol. The molecule has 4 nitrogen and oxygen atoms in total. The largest absolute Gasteiger partial charge is 0.497 e. The van der Waals surface area contributed by atoms with Gasteiger partial charge in [0, 0.05) is 11.1 Å². The first kappa shape index (κ1) is 17.9. The fourth-order valence-electron chi connectivity index (χ4n) is 3.61. The monoisotopic (exact) mass is 346 g/mol. The van der Waals surface area contributed by atoms with Gasteiger partial charge in [0.15, 0.2) is 5.78 Å². The Kier molecular flexibility index (Phi) is 4.90. The third-order valence-electron chi connectivity index (χ3n) is 5.20. The number of hydrogen-bond donors (Lipinski definition) is 0. The summed E-state index contributed by atoms with van der Waals surface area (Å²) in [5.41, 5.74) is 3.72. The summed E-state index contributed by atoms with van der Waals surface area (Å²) in [6, 6.07) is 14.9. The Labute approximate surface area is 154 Å². The Hall–Kier alpha value is -2.93. The number of ether oxygens (including phenoxy) is 1. The molecule has 1 aliphatic heterocycles. The van der Waals surface area contributed by atoms with E-state index in [9.17, 15) is 4.79 Å². The Balaban J connectivity index is 1.99. The topological polar surface area (TPSA) is 62.5 Å². The highest BCUT2D eigenvalue weighted by Gasteiger charge is 2.37. The van der Waals surface area contributed by atoms with Crippen LogP contribution in [0.25, 0.3) is 0 Å². The van der Waals surface area contributed by atoms with E-state index in [2.05, 4.69) is 26.0 Å². The number of carbonyl (C=O) groups is 1. The Morgan fingerprint density at radius 3 is 2.62 bits per heavy atom. The van der Waals surface area contributed by atoms with E-state index in [4.69, 9.17) is 15.0 Å². The van der Waals surface area contributed by atoms with Gasteiger partial charge in [0.05, 0.1) is 36.4 Å². The SMILES string of the molecule is CCC1(CC)N=C(CC(=O)c2cccc(C#N)c2)c2cc(OC)ccc21. The van der Waals surface area contributed by atoms with Gasteiger partial charge in [0.1, 0.15) is 5.75 Å². The van der Waals surface area contributed by atoms with Crippen LogP contribution in [-0.2, 0) is 5.54 Å². The predicted molar refractivity (Wildman–Crippen MR) is 102 cm³/mol. The third-order valence-corrected chi connectivity index (χ3v) is 5.20. The van der Waals surface area contributed by atoms with Gasteiger partial charge in [0.2, 0.25) is 0 Å². The summed E-state index contributed by atoms with van der Waals surface area (Å²) in [5.74, 6) is 0.732. The number of carbonyl (C=O) groups excluding carboxylic acids is 1. The minimum atomic E-state index is -0.272. The van der Waals surface area contributed by atoms with Crippen LogP contribution in [0.3, 0.4) is 0 Å². The highest BCUT2D eigenvalue weighted by molar-refractivity contribution is 6.17. The molecule has 0 saturated carbocycles. The van der Waals surface area contributed by atoms with Crippen LogP contribution in [-0.4, -0.2) is 18.6 Å². The van der Waals surface area contributed by atoms with Gasteiger partial charge < -0.3 is 4.74 Å². The molecule has 26 heavy (non-hydrogen) atoms. The van der Waals surface area contributed by atoms with E-state index in [1.165, 1.54) is 0 Å². The molecule has 0 N–H and O–H groups in total. The molecule has 1 aliphatic rings. The van der Waals surface area contributed by atoms with Crippen molar-refractivity contribution in [3.8, 4) is 11.8 Å². The molecule has 2 aromatic rings. The molecule has 0 radical (unpaired) electrons. The fraction of sp³-hybridized carbons (Fsp3) is 0.318. The molecule has 0 aromatic heterocycles. The van der Waals surface area contributed by atoms with Gasteiger partial charge in [-0.15, -0.1) is 0 Å². The molecule has 4 heteroatoms. The molecule has 0 spiro atoms. The van der Waals surface area contributed by atoms with Crippen LogP contribution in [0.4, 0.5) is 0 Å². The van der Waals surface area contributed by atoms with Gasteiger partial charge >= 0.3 is 0 Å². The number of benzene rings is 2. The number of nitriles is 1. The maximum absolute atomic E-state index is 12.8. The van der Waals surface area contributed by atoms with Crippen LogP contribution in [0.5, 0.6) is 5.75 Å². The second kappa shape index (κ2) is 7.13. The van der Waals surface area contributed by atoms with Crippen molar-refractivity contribution in [1.82, 2.24) is 0 Å². The number of aliphatic imine (C=N–C) groups is 1. The summed E-state index contributed by atoms with van der Waals surface area (Å²) >= 11 is 0. The van der Waals surface area contributed by atoms with Gasteiger partial charge in [-0.25, -0.2) is 0 Å². The van der Waals surface area contributed by atoms with E-state index in [1.54, 1.807) is 31.4 Å². The van der Waals surface area contributed by atoms with Crippen molar-refractivity contribution in [2.75, 3.05) is 7.11 Å². The quantitative estimate of drug-likeness (QED) is 0.715. The van der Waals surface area contributed by atoms with E-state index < -0.39 is 0 Å². The summed E-state index contributed by atoms with van der Waals surface area (Å²) in [6.07, 6.45) is 1.98. The van der Waals surface area contributed by atoms with Crippen LogP contribution in [0.15, 0.2) is 47.5 Å². The van der Waals surface area contributed by atoms with E-state index in [0.717, 1.165) is 35.4 Å². The zero-order valence-corrected chi connectivity index (χ0v) is 15.4. The molecular weight excluding hydrogens is 324 g/mol. The molecule has 132 valence electrons. The van der Waals surface area contributed by atoms with Crippen LogP contribution < -0.4 is 4.74 Å². The van der Waals surface area contributed by atoms with Crippen molar-refractivity contribution in [3.63, 3.8) is 0 Å². The molecule has 0 bridgehead atoms. The molecule has 0 fully saturated rings. The molecule has 0 aliphatic carbocycles. The maximum atomic E-state index is 12.8. The summed E-state index contributed by atoms with van der Waals surface area (Å²) in [4.78, 5) is 17.8. The standard InChI is InChI=1S/C22H22N2O2/c1-4-22(5-2)19-10-9-17(26-3)12-18(19)20(24-22)13-21(25)16-8-6-7-15(11-16)14-23/h6-12H,4-5,13H2,1-3H3. The third kappa shape index (κ3) is 3.01. The summed E-state index contributed by atoms with van der Waals surface area (Å²) in [5, 5.41) is 9.05. The smallest absolute Gasteiger partial charge is 0.168 e. The summed E-state index contributed by atoms with van der Waals surface area (Å²) in [7, 11) is 1.64. The minimum absolute atomic E-state index is 0.0300. The van der Waals surface area contributed by atoms with Gasteiger partial charge in [-0.2, -0.15) is 5.26 Å². The number of nitrogens with zero attached hydrogens (tertiary/aromatic N) is 2. The Morgan fingerprint density at radius 2 is 1.96 bits per heavy atom. The van der Waals surface area contributed by atoms with Crippen molar-refractivity contribution in [2.45, 2.75) is 38.6 Å². The predicted octanol–water partition coefficient (Wildman–Crippen LogP) is 4.66. The van der Waals surface area contributed by atoms with Crippen molar-refractivity contribution < 1.29 is 9.53 Å². The van der Waals surface area contributed by atoms with Crippen LogP contribution in [0.1, 0.15) is 60.2 Å². The number of fused-ring (bicyclic) bond motifs is 1. The van der Waals surface area contributed by atoms with E-state index in [-0.39, 0.29) is 17.7 Å². The first-order chi connectivity index (χ1) is 12.6. The van der Waals surface area contributed by atoms with Crippen LogP contribution in [0.2, 0.25) is 0 Å². The lowest BCUT2D eigenvalue weighted by atomic mass is 9.84. The fourth-order valence-corrected chi connectivity index (χ4v) is 3.61. The zero-order chi connectivity index (χ0) is 18.7. The lowest BCUT2D eigenvalue weighted by Gasteiger charge is -2.24. The van der Waals surface area contributed by atoms with E-state index in [1.807, 2.05) is 12.1 Å². The van der Waals surface area contributed by atoms with Crippen molar-refractivity contribution in [1.29, 1.82) is 5.26 Å². The number of ketones is 1. The van der Waals surface area contributed by atoms with Crippen molar-refractivity contribution >= 4 is 11.5 Å². The lowest BCUT2D eigenvalue weighted by molar-refractivity contribution is 0.100. The molecular formula is C22H22N2O2. The average Bonchev–Trinajstić information content (AvgIpc) is 3.01. The van der Waals surface area contributed by atoms with E-state index >= 15 is 0 Å². The molecule has 0 unspecified atom stereocenters. The van der Waals surface area contributed by atoms with Crippen LogP contribution in [0, 0.1) is 11.3 Å². The van der Waals surface area contributed by atoms with Crippen molar-refractivity contribution in [2.24, 2.45) is 4.99 Å². The highest BCUT2D eigenvalue weighted by Crippen LogP contribution is 2.42. The summed E-state index contributed by atoms with van der Waals surface area (Å²) in [6.45, 7) is 4.25. The van der Waals surface area contributed by atoms with Gasteiger partial charge in [-0.05, 0) is 42.7 Å².